The summed E-state index contributed by atoms with van der Waals surface area (Å²) in [4.78, 5) is 13.9. The maximum Gasteiger partial charge on any atom is 0.239 e. The van der Waals surface area contributed by atoms with E-state index in [1.54, 1.807) is 0 Å². The van der Waals surface area contributed by atoms with Gasteiger partial charge in [0.25, 0.3) is 0 Å². The fourth-order valence-electron chi connectivity index (χ4n) is 2.12. The van der Waals surface area contributed by atoms with Crippen LogP contribution < -0.4 is 5.73 Å². The highest BCUT2D eigenvalue weighted by molar-refractivity contribution is 5.85. The van der Waals surface area contributed by atoms with Gasteiger partial charge < -0.3 is 15.7 Å². The lowest BCUT2D eigenvalue weighted by Gasteiger charge is -2.34. The molecule has 3 atom stereocenters. The fourth-order valence-corrected chi connectivity index (χ4v) is 2.12. The number of aliphatic hydroxyl groups is 1. The average molecular weight is 265 g/mol. The molecular formula is C12H25ClN2O2. The summed E-state index contributed by atoms with van der Waals surface area (Å²) >= 11 is 0. The van der Waals surface area contributed by atoms with E-state index in [1.807, 2.05) is 18.7 Å². The zero-order valence-electron chi connectivity index (χ0n) is 10.8. The Morgan fingerprint density at radius 1 is 1.59 bits per heavy atom. The van der Waals surface area contributed by atoms with Crippen molar-refractivity contribution in [2.24, 2.45) is 17.6 Å². The highest BCUT2D eigenvalue weighted by atomic mass is 35.5. The Hall–Kier alpha value is -0.320. The molecular weight excluding hydrogens is 240 g/mol. The van der Waals surface area contributed by atoms with Crippen LogP contribution in [0.4, 0.5) is 0 Å². The maximum absolute atomic E-state index is 12.1. The third-order valence-electron chi connectivity index (χ3n) is 3.63. The molecule has 1 aliphatic rings. The fraction of sp³-hybridized carbons (Fsp3) is 0.917. The Morgan fingerprint density at radius 3 is 2.76 bits per heavy atom. The minimum atomic E-state index is -0.387. The van der Waals surface area contributed by atoms with Gasteiger partial charge in [-0.2, -0.15) is 0 Å². The maximum atomic E-state index is 12.1. The van der Waals surface area contributed by atoms with Crippen LogP contribution in [0, 0.1) is 11.8 Å². The van der Waals surface area contributed by atoms with E-state index in [1.165, 1.54) is 0 Å². The van der Waals surface area contributed by atoms with Gasteiger partial charge in [0.1, 0.15) is 0 Å². The third kappa shape index (κ3) is 4.45. The van der Waals surface area contributed by atoms with Crippen molar-refractivity contribution in [1.82, 2.24) is 4.90 Å². The second-order valence-electron chi connectivity index (χ2n) is 4.89. The Kier molecular flexibility index (Phi) is 7.75. The molecule has 0 radical (unpaired) electrons. The van der Waals surface area contributed by atoms with Gasteiger partial charge in [-0.15, -0.1) is 12.4 Å². The van der Waals surface area contributed by atoms with Crippen molar-refractivity contribution in [1.29, 1.82) is 0 Å². The van der Waals surface area contributed by atoms with Crippen LogP contribution in [0.1, 0.15) is 33.1 Å². The van der Waals surface area contributed by atoms with Crippen LogP contribution in [0.3, 0.4) is 0 Å². The Balaban J connectivity index is 0.00000256. The Labute approximate surface area is 110 Å². The summed E-state index contributed by atoms with van der Waals surface area (Å²) in [6.07, 6.45) is 2.91. The SMILES string of the molecule is CCC(C)C(N)C(=O)N1CCCC(CO)C1.Cl. The first kappa shape index (κ1) is 16.7. The van der Waals surface area contributed by atoms with Crippen LogP contribution >= 0.6 is 12.4 Å². The minimum absolute atomic E-state index is 0. The second-order valence-corrected chi connectivity index (χ2v) is 4.89. The average Bonchev–Trinajstić information content (AvgIpc) is 2.36. The third-order valence-corrected chi connectivity index (χ3v) is 3.63. The van der Waals surface area contributed by atoms with E-state index >= 15 is 0 Å². The molecule has 1 amide bonds. The number of piperidine rings is 1. The predicted octanol–water partition coefficient (Wildman–Crippen LogP) is 1.01. The number of rotatable bonds is 4. The highest BCUT2D eigenvalue weighted by Gasteiger charge is 2.28. The van der Waals surface area contributed by atoms with Crippen molar-refractivity contribution in [3.8, 4) is 0 Å². The van der Waals surface area contributed by atoms with Gasteiger partial charge in [-0.05, 0) is 24.7 Å². The standard InChI is InChI=1S/C12H24N2O2.ClH/c1-3-9(2)11(13)12(16)14-6-4-5-10(7-14)8-15;/h9-11,15H,3-8,13H2,1-2H3;1H. The quantitative estimate of drug-likeness (QED) is 0.797. The molecule has 17 heavy (non-hydrogen) atoms. The van der Waals surface area contributed by atoms with E-state index in [9.17, 15) is 4.79 Å². The van der Waals surface area contributed by atoms with E-state index in [2.05, 4.69) is 0 Å². The summed E-state index contributed by atoms with van der Waals surface area (Å²) < 4.78 is 0. The Morgan fingerprint density at radius 2 is 2.24 bits per heavy atom. The van der Waals surface area contributed by atoms with Crippen LogP contribution in [0.2, 0.25) is 0 Å². The molecule has 0 saturated carbocycles. The van der Waals surface area contributed by atoms with Crippen LogP contribution in [0.25, 0.3) is 0 Å². The molecule has 0 spiro atoms. The second kappa shape index (κ2) is 7.90. The molecule has 102 valence electrons. The zero-order valence-corrected chi connectivity index (χ0v) is 11.6. The summed E-state index contributed by atoms with van der Waals surface area (Å²) in [6.45, 7) is 5.68. The highest BCUT2D eigenvalue weighted by Crippen LogP contribution is 2.18. The molecule has 1 fully saturated rings. The molecule has 0 aromatic heterocycles. The number of nitrogens with two attached hydrogens (primary N) is 1. The van der Waals surface area contributed by atoms with E-state index < -0.39 is 0 Å². The van der Waals surface area contributed by atoms with Gasteiger partial charge in [0.2, 0.25) is 5.91 Å². The summed E-state index contributed by atoms with van der Waals surface area (Å²) in [5.74, 6) is 0.510. The van der Waals surface area contributed by atoms with Crippen LogP contribution in [-0.2, 0) is 4.79 Å². The number of amides is 1. The molecule has 1 saturated heterocycles. The van der Waals surface area contributed by atoms with Gasteiger partial charge in [0.05, 0.1) is 6.04 Å². The first-order valence-corrected chi connectivity index (χ1v) is 6.25. The molecule has 0 aromatic rings. The summed E-state index contributed by atoms with van der Waals surface area (Å²) in [5.41, 5.74) is 5.94. The number of carbonyl (C=O) groups is 1. The molecule has 0 aliphatic carbocycles. The number of hydrogen-bond donors (Lipinski definition) is 2. The molecule has 4 nitrogen and oxygen atoms in total. The zero-order chi connectivity index (χ0) is 12.1. The van der Waals surface area contributed by atoms with Crippen molar-refractivity contribution >= 4 is 18.3 Å². The van der Waals surface area contributed by atoms with Gasteiger partial charge in [-0.25, -0.2) is 0 Å². The van der Waals surface area contributed by atoms with Crippen molar-refractivity contribution in [3.63, 3.8) is 0 Å². The lowest BCUT2D eigenvalue weighted by atomic mass is 9.95. The first-order chi connectivity index (χ1) is 7.60. The largest absolute Gasteiger partial charge is 0.396 e. The lowest BCUT2D eigenvalue weighted by Crippen LogP contribution is -2.50. The van der Waals surface area contributed by atoms with Gasteiger partial charge >= 0.3 is 0 Å². The molecule has 1 rings (SSSR count). The lowest BCUT2D eigenvalue weighted by molar-refractivity contribution is -0.135. The normalized spacial score (nSPS) is 23.8. The Bertz CT molecular complexity index is 239. The number of carbonyl (C=O) groups excluding carboxylic acids is 1. The molecule has 5 heteroatoms. The molecule has 1 aliphatic heterocycles. The molecule has 0 aromatic carbocycles. The van der Waals surface area contributed by atoms with Gasteiger partial charge in [-0.1, -0.05) is 20.3 Å². The van der Waals surface area contributed by atoms with Gasteiger partial charge in [-0.3, -0.25) is 4.79 Å². The number of likely N-dealkylation sites (tertiary alicyclic amines) is 1. The predicted molar refractivity (Wildman–Crippen MR) is 71.1 cm³/mol. The summed E-state index contributed by atoms with van der Waals surface area (Å²) in [5, 5.41) is 9.12. The van der Waals surface area contributed by atoms with E-state index in [4.69, 9.17) is 10.8 Å². The summed E-state index contributed by atoms with van der Waals surface area (Å²) in [6, 6.07) is -0.387. The van der Waals surface area contributed by atoms with Crippen molar-refractivity contribution in [2.45, 2.75) is 39.2 Å². The smallest absolute Gasteiger partial charge is 0.239 e. The van der Waals surface area contributed by atoms with Crippen molar-refractivity contribution in [2.75, 3.05) is 19.7 Å². The van der Waals surface area contributed by atoms with E-state index in [0.717, 1.165) is 25.8 Å². The molecule has 3 N–H and O–H groups in total. The van der Waals surface area contributed by atoms with E-state index in [0.29, 0.717) is 6.54 Å². The van der Waals surface area contributed by atoms with Crippen LogP contribution in [0.15, 0.2) is 0 Å². The van der Waals surface area contributed by atoms with E-state index in [-0.39, 0.29) is 42.8 Å². The topological polar surface area (TPSA) is 66.6 Å². The molecule has 3 unspecified atom stereocenters. The number of nitrogens with zero attached hydrogens (tertiary/aromatic N) is 1. The number of halogens is 1. The van der Waals surface area contributed by atoms with Gasteiger partial charge in [0.15, 0.2) is 0 Å². The van der Waals surface area contributed by atoms with Crippen LogP contribution in [-0.4, -0.2) is 41.7 Å². The molecule has 1 heterocycles. The van der Waals surface area contributed by atoms with Crippen LogP contribution in [0.5, 0.6) is 0 Å². The van der Waals surface area contributed by atoms with Gasteiger partial charge in [0, 0.05) is 19.7 Å². The molecule has 0 bridgehead atoms. The number of aliphatic hydroxyl groups excluding tert-OH is 1. The van der Waals surface area contributed by atoms with Crippen molar-refractivity contribution in [3.05, 3.63) is 0 Å². The monoisotopic (exact) mass is 264 g/mol. The first-order valence-electron chi connectivity index (χ1n) is 6.25. The minimum Gasteiger partial charge on any atom is -0.396 e. The number of hydrogen-bond acceptors (Lipinski definition) is 3. The summed E-state index contributed by atoms with van der Waals surface area (Å²) in [7, 11) is 0. The van der Waals surface area contributed by atoms with Crippen molar-refractivity contribution < 1.29 is 9.90 Å².